The molecule has 0 aliphatic carbocycles. The molecule has 92 valence electrons. The summed E-state index contributed by atoms with van der Waals surface area (Å²) in [5.74, 6) is 0.425. The van der Waals surface area contributed by atoms with Gasteiger partial charge in [-0.1, -0.05) is 25.4 Å². The van der Waals surface area contributed by atoms with Gasteiger partial charge in [-0.2, -0.15) is 10.4 Å². The first kappa shape index (κ1) is 12.6. The lowest BCUT2D eigenvalue weighted by Crippen LogP contribution is -2.00. The normalized spacial score (nSPS) is 10.6. The maximum absolute atomic E-state index is 9.17. The molecular weight excluding hydrogens is 248 g/mol. The summed E-state index contributed by atoms with van der Waals surface area (Å²) in [5, 5.41) is 14.0. The van der Waals surface area contributed by atoms with Gasteiger partial charge in [0.15, 0.2) is 5.15 Å². The summed E-state index contributed by atoms with van der Waals surface area (Å²) in [5.41, 5.74) is 2.01. The van der Waals surface area contributed by atoms with Gasteiger partial charge >= 0.3 is 0 Å². The minimum Gasteiger partial charge on any atom is -0.265 e. The first-order valence-electron chi connectivity index (χ1n) is 5.71. The summed E-state index contributed by atoms with van der Waals surface area (Å²) >= 11 is 6.21. The van der Waals surface area contributed by atoms with Crippen LogP contribution in [0.2, 0.25) is 5.15 Å². The second-order valence-corrected chi connectivity index (χ2v) is 4.80. The van der Waals surface area contributed by atoms with E-state index in [1.807, 2.05) is 0 Å². The van der Waals surface area contributed by atoms with Gasteiger partial charge in [-0.3, -0.25) is 4.98 Å². The zero-order valence-electron chi connectivity index (χ0n) is 10.3. The van der Waals surface area contributed by atoms with Crippen LogP contribution in [0.5, 0.6) is 0 Å². The molecule has 0 bridgehead atoms. The van der Waals surface area contributed by atoms with Crippen molar-refractivity contribution in [2.45, 2.75) is 20.3 Å². The van der Waals surface area contributed by atoms with E-state index in [4.69, 9.17) is 11.6 Å². The summed E-state index contributed by atoms with van der Waals surface area (Å²) in [6.45, 7) is 4.17. The maximum atomic E-state index is 9.17. The van der Waals surface area contributed by atoms with E-state index in [0.717, 1.165) is 17.8 Å². The van der Waals surface area contributed by atoms with Gasteiger partial charge in [0.1, 0.15) is 11.6 Å². The van der Waals surface area contributed by atoms with Gasteiger partial charge in [-0.05, 0) is 24.5 Å². The lowest BCUT2D eigenvalue weighted by molar-refractivity contribution is 0.627. The molecule has 0 unspecified atom stereocenters. The Bertz CT molecular complexity index is 581. The molecule has 2 aromatic heterocycles. The van der Waals surface area contributed by atoms with Crippen molar-refractivity contribution in [3.05, 3.63) is 40.9 Å². The van der Waals surface area contributed by atoms with E-state index in [1.165, 1.54) is 0 Å². The predicted octanol–water partition coefficient (Wildman–Crippen LogP) is 2.99. The molecule has 2 rings (SSSR count). The number of nitriles is 1. The largest absolute Gasteiger partial charge is 0.265 e. The van der Waals surface area contributed by atoms with E-state index in [2.05, 4.69) is 30.0 Å². The van der Waals surface area contributed by atoms with Gasteiger partial charge < -0.3 is 0 Å². The number of hydrogen-bond acceptors (Lipinski definition) is 3. The van der Waals surface area contributed by atoms with Gasteiger partial charge in [-0.25, -0.2) is 4.68 Å². The Morgan fingerprint density at radius 3 is 2.61 bits per heavy atom. The molecule has 2 heterocycles. The van der Waals surface area contributed by atoms with Gasteiger partial charge in [0.2, 0.25) is 0 Å². The number of hydrogen-bond donors (Lipinski definition) is 0. The number of halogens is 1. The van der Waals surface area contributed by atoms with Crippen LogP contribution in [0.25, 0.3) is 5.69 Å². The molecule has 0 radical (unpaired) electrons. The van der Waals surface area contributed by atoms with E-state index >= 15 is 0 Å². The van der Waals surface area contributed by atoms with Crippen LogP contribution in [0.3, 0.4) is 0 Å². The van der Waals surface area contributed by atoms with Crippen LogP contribution < -0.4 is 0 Å². The summed E-state index contributed by atoms with van der Waals surface area (Å²) in [6, 6.07) is 5.74. The molecule has 0 fully saturated rings. The molecule has 5 heteroatoms. The molecule has 18 heavy (non-hydrogen) atoms. The Kier molecular flexibility index (Phi) is 3.63. The van der Waals surface area contributed by atoms with Crippen molar-refractivity contribution in [2.75, 3.05) is 0 Å². The number of aromatic nitrogens is 3. The fourth-order valence-corrected chi connectivity index (χ4v) is 2.02. The molecule has 0 N–H and O–H groups in total. The molecule has 0 atom stereocenters. The molecule has 0 saturated carbocycles. The van der Waals surface area contributed by atoms with Crippen molar-refractivity contribution in [1.29, 1.82) is 5.26 Å². The van der Waals surface area contributed by atoms with Crippen molar-refractivity contribution in [1.82, 2.24) is 14.8 Å². The van der Waals surface area contributed by atoms with E-state index in [9.17, 15) is 5.26 Å². The molecule has 0 amide bonds. The van der Waals surface area contributed by atoms with Crippen LogP contribution in [0.15, 0.2) is 24.5 Å². The topological polar surface area (TPSA) is 54.5 Å². The zero-order valence-corrected chi connectivity index (χ0v) is 11.0. The number of pyridine rings is 1. The lowest BCUT2D eigenvalue weighted by atomic mass is 10.1. The monoisotopic (exact) mass is 260 g/mol. The fourth-order valence-electron chi connectivity index (χ4n) is 1.74. The van der Waals surface area contributed by atoms with Crippen LogP contribution >= 0.6 is 11.6 Å². The lowest BCUT2D eigenvalue weighted by Gasteiger charge is -2.02. The number of rotatable bonds is 3. The van der Waals surface area contributed by atoms with E-state index in [0.29, 0.717) is 16.6 Å². The van der Waals surface area contributed by atoms with Gasteiger partial charge in [-0.15, -0.1) is 0 Å². The molecule has 0 aromatic carbocycles. The van der Waals surface area contributed by atoms with E-state index in [1.54, 1.807) is 29.2 Å². The van der Waals surface area contributed by atoms with Crippen molar-refractivity contribution in [2.24, 2.45) is 5.92 Å². The maximum Gasteiger partial charge on any atom is 0.150 e. The van der Waals surface area contributed by atoms with Crippen LogP contribution in [0.1, 0.15) is 25.1 Å². The standard InChI is InChI=1S/C13H13ClN4/c1-9(2)7-12-11(8-15)13(14)18(17-12)10-3-5-16-6-4-10/h3-6,9H,7H2,1-2H3. The summed E-state index contributed by atoms with van der Waals surface area (Å²) in [4.78, 5) is 3.95. The van der Waals surface area contributed by atoms with Crippen molar-refractivity contribution < 1.29 is 0 Å². The van der Waals surface area contributed by atoms with Gasteiger partial charge in [0.05, 0.1) is 11.4 Å². The Labute approximate surface area is 111 Å². The molecule has 0 saturated heterocycles. The highest BCUT2D eigenvalue weighted by Crippen LogP contribution is 2.24. The first-order chi connectivity index (χ1) is 8.63. The Balaban J connectivity index is 2.51. The van der Waals surface area contributed by atoms with Crippen molar-refractivity contribution in [3.8, 4) is 11.8 Å². The average Bonchev–Trinajstić information content (AvgIpc) is 2.66. The number of nitrogens with zero attached hydrogens (tertiary/aromatic N) is 4. The third-order valence-electron chi connectivity index (χ3n) is 2.52. The predicted molar refractivity (Wildman–Crippen MR) is 69.6 cm³/mol. The van der Waals surface area contributed by atoms with E-state index in [-0.39, 0.29) is 0 Å². The molecular formula is C13H13ClN4. The zero-order chi connectivity index (χ0) is 13.1. The second-order valence-electron chi connectivity index (χ2n) is 4.44. The molecule has 2 aromatic rings. The molecule has 0 aliphatic heterocycles. The van der Waals surface area contributed by atoms with Crippen molar-refractivity contribution >= 4 is 11.6 Å². The minimum atomic E-state index is 0.361. The first-order valence-corrected chi connectivity index (χ1v) is 6.09. The minimum absolute atomic E-state index is 0.361. The highest BCUT2D eigenvalue weighted by atomic mass is 35.5. The average molecular weight is 261 g/mol. The SMILES string of the molecule is CC(C)Cc1nn(-c2ccncc2)c(Cl)c1C#N. The smallest absolute Gasteiger partial charge is 0.150 e. The quantitative estimate of drug-likeness (QED) is 0.852. The Morgan fingerprint density at radius 2 is 2.06 bits per heavy atom. The summed E-state index contributed by atoms with van der Waals surface area (Å²) < 4.78 is 1.58. The Morgan fingerprint density at radius 1 is 1.39 bits per heavy atom. The molecule has 4 nitrogen and oxygen atoms in total. The highest BCUT2D eigenvalue weighted by Gasteiger charge is 2.17. The molecule has 0 spiro atoms. The summed E-state index contributed by atoms with van der Waals surface area (Å²) in [6.07, 6.45) is 4.07. The van der Waals surface area contributed by atoms with Crippen LogP contribution in [0.4, 0.5) is 0 Å². The summed E-state index contributed by atoms with van der Waals surface area (Å²) in [7, 11) is 0. The van der Waals surface area contributed by atoms with Gasteiger partial charge in [0, 0.05) is 12.4 Å². The Hall–Kier alpha value is -1.86. The third kappa shape index (κ3) is 2.36. The van der Waals surface area contributed by atoms with Gasteiger partial charge in [0.25, 0.3) is 0 Å². The van der Waals surface area contributed by atoms with Crippen LogP contribution in [-0.2, 0) is 6.42 Å². The third-order valence-corrected chi connectivity index (χ3v) is 2.87. The van der Waals surface area contributed by atoms with E-state index < -0.39 is 0 Å². The molecule has 0 aliphatic rings. The van der Waals surface area contributed by atoms with Crippen LogP contribution in [0, 0.1) is 17.2 Å². The van der Waals surface area contributed by atoms with Crippen LogP contribution in [-0.4, -0.2) is 14.8 Å². The fraction of sp³-hybridized carbons (Fsp3) is 0.308. The van der Waals surface area contributed by atoms with Crippen molar-refractivity contribution in [3.63, 3.8) is 0 Å². The highest BCUT2D eigenvalue weighted by molar-refractivity contribution is 6.31. The second kappa shape index (κ2) is 5.19.